The van der Waals surface area contributed by atoms with E-state index in [2.05, 4.69) is 9.97 Å². The molecule has 1 aromatic carbocycles. The van der Waals surface area contributed by atoms with Crippen LogP contribution in [0.15, 0.2) is 53.9 Å². The Labute approximate surface area is 170 Å². The number of aliphatic hydroxyl groups is 1. The fourth-order valence-corrected chi connectivity index (χ4v) is 4.56. The van der Waals surface area contributed by atoms with Gasteiger partial charge < -0.3 is 5.11 Å². The Hall–Kier alpha value is -2.66. The maximum absolute atomic E-state index is 12.7. The minimum absolute atomic E-state index is 0.205. The van der Waals surface area contributed by atoms with Crippen LogP contribution in [0.4, 0.5) is 0 Å². The molecule has 1 saturated heterocycles. The zero-order valence-corrected chi connectivity index (χ0v) is 16.5. The van der Waals surface area contributed by atoms with Gasteiger partial charge >= 0.3 is 0 Å². The maximum atomic E-state index is 12.7. The molecule has 2 atom stereocenters. The molecule has 0 radical (unpaired) electrons. The Kier molecular flexibility index (Phi) is 5.67. The van der Waals surface area contributed by atoms with Crippen LogP contribution in [0, 0.1) is 0 Å². The molecule has 1 aliphatic rings. The van der Waals surface area contributed by atoms with Crippen molar-refractivity contribution in [1.82, 2.24) is 23.7 Å². The number of β-amino-alcohol motifs (C(OH)–C–C–N with tert-alkyl or cyclic N) is 1. The third kappa shape index (κ3) is 4.35. The van der Waals surface area contributed by atoms with Crippen molar-refractivity contribution in [2.75, 3.05) is 13.1 Å². The van der Waals surface area contributed by atoms with Crippen LogP contribution in [0.1, 0.15) is 28.8 Å². The highest BCUT2D eigenvalue weighted by molar-refractivity contribution is 7.82. The van der Waals surface area contributed by atoms with E-state index in [4.69, 9.17) is 5.84 Å². The molecule has 1 fully saturated rings. The second-order valence-electron chi connectivity index (χ2n) is 6.99. The average molecular weight is 414 g/mol. The second-order valence-corrected chi connectivity index (χ2v) is 8.47. The summed E-state index contributed by atoms with van der Waals surface area (Å²) in [5.41, 5.74) is 1.18. The molecule has 10 heteroatoms. The highest BCUT2D eigenvalue weighted by atomic mass is 32.2. The van der Waals surface area contributed by atoms with Crippen molar-refractivity contribution in [1.29, 1.82) is 0 Å². The normalized spacial score (nSPS) is 18.6. The number of piperidine rings is 1. The lowest BCUT2D eigenvalue weighted by Gasteiger charge is -2.28. The molecule has 0 saturated carbocycles. The van der Waals surface area contributed by atoms with Crippen LogP contribution in [-0.2, 0) is 17.5 Å². The Morgan fingerprint density at radius 1 is 1.31 bits per heavy atom. The molecule has 29 heavy (non-hydrogen) atoms. The van der Waals surface area contributed by atoms with E-state index >= 15 is 0 Å². The number of rotatable bonds is 5. The van der Waals surface area contributed by atoms with Crippen LogP contribution >= 0.6 is 0 Å². The molecular formula is C19H22N6O3S. The third-order valence-electron chi connectivity index (χ3n) is 4.82. The molecule has 0 aliphatic carbocycles. The lowest BCUT2D eigenvalue weighted by atomic mass is 10.1. The SMILES string of the molecule is NN(Cc1ccc(S(=O)N2CCCC(O)C2)cc1)C(=O)c1cnc2nccn2c1. The highest BCUT2D eigenvalue weighted by Gasteiger charge is 2.23. The van der Waals surface area contributed by atoms with Crippen molar-refractivity contribution in [2.45, 2.75) is 30.4 Å². The number of imidazole rings is 1. The number of nitrogens with zero attached hydrogens (tertiary/aromatic N) is 5. The van der Waals surface area contributed by atoms with Gasteiger partial charge in [0.25, 0.3) is 5.91 Å². The summed E-state index contributed by atoms with van der Waals surface area (Å²) in [6.45, 7) is 1.32. The maximum Gasteiger partial charge on any atom is 0.271 e. The van der Waals surface area contributed by atoms with Crippen molar-refractivity contribution in [2.24, 2.45) is 5.84 Å². The van der Waals surface area contributed by atoms with Gasteiger partial charge in [-0.1, -0.05) is 12.1 Å². The van der Waals surface area contributed by atoms with E-state index in [-0.39, 0.29) is 12.5 Å². The van der Waals surface area contributed by atoms with E-state index in [1.165, 1.54) is 6.20 Å². The van der Waals surface area contributed by atoms with Gasteiger partial charge in [0.15, 0.2) is 0 Å². The van der Waals surface area contributed by atoms with Crippen LogP contribution in [0.5, 0.6) is 0 Å². The average Bonchev–Trinajstić information content (AvgIpc) is 3.21. The van der Waals surface area contributed by atoms with E-state index in [0.29, 0.717) is 29.3 Å². The fraction of sp³-hybridized carbons (Fsp3) is 0.316. The van der Waals surface area contributed by atoms with Gasteiger partial charge in [0.2, 0.25) is 5.78 Å². The molecule has 1 aliphatic heterocycles. The number of amides is 1. The van der Waals surface area contributed by atoms with E-state index < -0.39 is 17.1 Å². The molecule has 2 aromatic heterocycles. The minimum Gasteiger partial charge on any atom is -0.392 e. The smallest absolute Gasteiger partial charge is 0.271 e. The van der Waals surface area contributed by atoms with E-state index in [1.807, 2.05) is 0 Å². The van der Waals surface area contributed by atoms with Gasteiger partial charge in [-0.2, -0.15) is 0 Å². The molecule has 0 spiro atoms. The molecule has 1 amide bonds. The predicted molar refractivity (Wildman–Crippen MR) is 107 cm³/mol. The Morgan fingerprint density at radius 3 is 2.86 bits per heavy atom. The zero-order valence-electron chi connectivity index (χ0n) is 15.7. The van der Waals surface area contributed by atoms with E-state index in [0.717, 1.165) is 23.4 Å². The van der Waals surface area contributed by atoms with Gasteiger partial charge in [0.1, 0.15) is 11.0 Å². The number of carbonyl (C=O) groups is 1. The summed E-state index contributed by atoms with van der Waals surface area (Å²) in [4.78, 5) is 21.4. The molecule has 0 bridgehead atoms. The van der Waals surface area contributed by atoms with Crippen LogP contribution in [0.2, 0.25) is 0 Å². The van der Waals surface area contributed by atoms with Crippen molar-refractivity contribution >= 4 is 22.7 Å². The number of benzene rings is 1. The van der Waals surface area contributed by atoms with Crippen LogP contribution in [0.25, 0.3) is 5.78 Å². The summed E-state index contributed by atoms with van der Waals surface area (Å²) >= 11 is 0. The Morgan fingerprint density at radius 2 is 2.10 bits per heavy atom. The van der Waals surface area contributed by atoms with Crippen LogP contribution in [0.3, 0.4) is 0 Å². The summed E-state index contributed by atoms with van der Waals surface area (Å²) < 4.78 is 16.1. The number of fused-ring (bicyclic) bond motifs is 1. The topological polar surface area (TPSA) is 117 Å². The number of hydrogen-bond donors (Lipinski definition) is 2. The first-order valence-electron chi connectivity index (χ1n) is 9.30. The Balaban J connectivity index is 1.41. The Bertz CT molecular complexity index is 1040. The summed E-state index contributed by atoms with van der Waals surface area (Å²) in [7, 11) is -1.31. The van der Waals surface area contributed by atoms with Gasteiger partial charge in [-0.3, -0.25) is 14.2 Å². The van der Waals surface area contributed by atoms with Gasteiger partial charge in [-0.05, 0) is 30.5 Å². The van der Waals surface area contributed by atoms with E-state index in [9.17, 15) is 14.1 Å². The van der Waals surface area contributed by atoms with Gasteiger partial charge in [0, 0.05) is 37.9 Å². The standard InChI is InChI=1S/C19H22N6O3S/c20-25(18(27)15-10-22-19-21-7-9-23(19)12-15)11-14-3-5-17(6-4-14)29(28)24-8-1-2-16(26)13-24/h3-7,9-10,12,16,26H,1-2,8,11,13,20H2. The highest BCUT2D eigenvalue weighted by Crippen LogP contribution is 2.18. The van der Waals surface area contributed by atoms with Crippen molar-refractivity contribution in [3.05, 3.63) is 60.2 Å². The van der Waals surface area contributed by atoms with Gasteiger partial charge in [-0.25, -0.2) is 24.3 Å². The molecule has 3 heterocycles. The van der Waals surface area contributed by atoms with E-state index in [1.54, 1.807) is 51.6 Å². The first kappa shape index (κ1) is 19.6. The second kappa shape index (κ2) is 8.37. The predicted octanol–water partition coefficient (Wildman–Crippen LogP) is 0.725. The fourth-order valence-electron chi connectivity index (χ4n) is 3.29. The molecular weight excluding hydrogens is 392 g/mol. The summed E-state index contributed by atoms with van der Waals surface area (Å²) in [5.74, 6) is 6.12. The number of nitrogens with two attached hydrogens (primary N) is 1. The molecule has 9 nitrogen and oxygen atoms in total. The summed E-state index contributed by atoms with van der Waals surface area (Å²) in [5, 5.41) is 10.9. The third-order valence-corrected chi connectivity index (χ3v) is 6.30. The molecule has 152 valence electrons. The number of aromatic nitrogens is 3. The lowest BCUT2D eigenvalue weighted by molar-refractivity contribution is 0.0742. The number of hydrazine groups is 1. The van der Waals surface area contributed by atoms with Crippen molar-refractivity contribution in [3.63, 3.8) is 0 Å². The van der Waals surface area contributed by atoms with Crippen LogP contribution < -0.4 is 5.84 Å². The molecule has 3 N–H and O–H groups in total. The first-order chi connectivity index (χ1) is 14.0. The zero-order chi connectivity index (χ0) is 20.4. The quantitative estimate of drug-likeness (QED) is 0.361. The van der Waals surface area contributed by atoms with Crippen LogP contribution in [-0.4, -0.2) is 58.1 Å². The van der Waals surface area contributed by atoms with Gasteiger partial charge in [0.05, 0.1) is 23.1 Å². The number of carbonyl (C=O) groups excluding carboxylic acids is 1. The molecule has 2 unspecified atom stereocenters. The minimum atomic E-state index is -1.31. The number of hydrogen-bond acceptors (Lipinski definition) is 6. The largest absolute Gasteiger partial charge is 0.392 e. The summed E-state index contributed by atoms with van der Waals surface area (Å²) in [6, 6.07) is 7.14. The van der Waals surface area contributed by atoms with Crippen molar-refractivity contribution in [3.8, 4) is 0 Å². The first-order valence-corrected chi connectivity index (χ1v) is 10.4. The molecule has 4 rings (SSSR count). The monoisotopic (exact) mass is 414 g/mol. The summed E-state index contributed by atoms with van der Waals surface area (Å²) in [6.07, 6.45) is 7.54. The van der Waals surface area contributed by atoms with Crippen molar-refractivity contribution < 1.29 is 14.1 Å². The van der Waals surface area contributed by atoms with Gasteiger partial charge in [-0.15, -0.1) is 0 Å². The molecule has 3 aromatic rings. The number of aliphatic hydroxyl groups excluding tert-OH is 1. The lowest BCUT2D eigenvalue weighted by Crippen LogP contribution is -2.39.